The fourth-order valence-electron chi connectivity index (χ4n) is 1.17. The molecule has 0 aliphatic carbocycles. The first-order valence-corrected chi connectivity index (χ1v) is 4.44. The lowest BCUT2D eigenvalue weighted by Gasteiger charge is -2.09. The van der Waals surface area contributed by atoms with Crippen molar-refractivity contribution in [1.82, 2.24) is 0 Å². The van der Waals surface area contributed by atoms with Crippen LogP contribution in [0.2, 0.25) is 0 Å². The van der Waals surface area contributed by atoms with Crippen LogP contribution < -0.4 is 5.32 Å². The summed E-state index contributed by atoms with van der Waals surface area (Å²) in [6.07, 6.45) is 0. The summed E-state index contributed by atoms with van der Waals surface area (Å²) in [6, 6.07) is 2.07. The summed E-state index contributed by atoms with van der Waals surface area (Å²) in [6.45, 7) is 1.82. The minimum absolute atomic E-state index is 0.0155. The number of anilines is 1. The number of halogens is 2. The quantitative estimate of drug-likeness (QED) is 0.785. The number of ether oxygens (including phenoxy) is 1. The Bertz CT molecular complexity index is 380. The Balaban J connectivity index is 3.18. The van der Waals surface area contributed by atoms with Gasteiger partial charge >= 0.3 is 5.97 Å². The summed E-state index contributed by atoms with van der Waals surface area (Å²) < 4.78 is 30.7. The van der Waals surface area contributed by atoms with Crippen LogP contribution in [0.3, 0.4) is 0 Å². The smallest absolute Gasteiger partial charge is 0.340 e. The number of rotatable bonds is 3. The average molecular weight is 215 g/mol. The zero-order valence-electron chi connectivity index (χ0n) is 8.43. The molecule has 82 valence electrons. The Hall–Kier alpha value is -1.65. The van der Waals surface area contributed by atoms with E-state index < -0.39 is 17.6 Å². The van der Waals surface area contributed by atoms with E-state index >= 15 is 0 Å². The molecule has 0 atom stereocenters. The Kier molecular flexibility index (Phi) is 3.60. The van der Waals surface area contributed by atoms with Crippen LogP contribution in [0, 0.1) is 11.6 Å². The van der Waals surface area contributed by atoms with Crippen molar-refractivity contribution in [2.24, 2.45) is 0 Å². The first kappa shape index (κ1) is 11.4. The second-order valence-electron chi connectivity index (χ2n) is 2.75. The molecule has 0 heterocycles. The Morgan fingerprint density at radius 3 is 2.67 bits per heavy atom. The zero-order chi connectivity index (χ0) is 11.4. The number of nitrogens with one attached hydrogen (secondary N) is 1. The Labute approximate surface area is 86.0 Å². The van der Waals surface area contributed by atoms with E-state index in [9.17, 15) is 13.6 Å². The molecule has 0 spiro atoms. The van der Waals surface area contributed by atoms with Crippen LogP contribution in [-0.4, -0.2) is 19.6 Å². The van der Waals surface area contributed by atoms with Crippen molar-refractivity contribution < 1.29 is 18.3 Å². The monoisotopic (exact) mass is 215 g/mol. The first-order valence-electron chi connectivity index (χ1n) is 4.44. The van der Waals surface area contributed by atoms with Crippen molar-refractivity contribution in [2.45, 2.75) is 6.92 Å². The van der Waals surface area contributed by atoms with E-state index in [4.69, 9.17) is 4.74 Å². The molecular weight excluding hydrogens is 204 g/mol. The summed E-state index contributed by atoms with van der Waals surface area (Å²) in [4.78, 5) is 11.3. The van der Waals surface area contributed by atoms with Gasteiger partial charge in [-0.15, -0.1) is 0 Å². The standard InChI is InChI=1S/C10H11F2NO2/c1-3-15-10(14)6-4-5-7(11)8(12)9(6)13-2/h4-5,13H,3H2,1-2H3. The molecule has 1 N–H and O–H groups in total. The Morgan fingerprint density at radius 1 is 1.47 bits per heavy atom. The highest BCUT2D eigenvalue weighted by Crippen LogP contribution is 2.22. The van der Waals surface area contributed by atoms with Gasteiger partial charge in [-0.25, -0.2) is 13.6 Å². The van der Waals surface area contributed by atoms with Crippen molar-refractivity contribution in [3.8, 4) is 0 Å². The topological polar surface area (TPSA) is 38.3 Å². The molecule has 0 amide bonds. The van der Waals surface area contributed by atoms with Gasteiger partial charge < -0.3 is 10.1 Å². The van der Waals surface area contributed by atoms with Crippen LogP contribution >= 0.6 is 0 Å². The summed E-state index contributed by atoms with van der Waals surface area (Å²) in [5, 5.41) is 2.43. The molecule has 0 fully saturated rings. The lowest BCUT2D eigenvalue weighted by atomic mass is 10.1. The molecule has 3 nitrogen and oxygen atoms in total. The predicted octanol–water partition coefficient (Wildman–Crippen LogP) is 2.18. The molecule has 0 saturated carbocycles. The summed E-state index contributed by atoms with van der Waals surface area (Å²) in [7, 11) is 1.40. The predicted molar refractivity (Wildman–Crippen MR) is 51.9 cm³/mol. The number of esters is 1. The SMILES string of the molecule is CCOC(=O)c1ccc(F)c(F)c1NC. The van der Waals surface area contributed by atoms with E-state index in [1.807, 2.05) is 0 Å². The third-order valence-corrected chi connectivity index (χ3v) is 1.84. The minimum Gasteiger partial charge on any atom is -0.462 e. The molecule has 0 aromatic heterocycles. The molecule has 0 bridgehead atoms. The van der Waals surface area contributed by atoms with Gasteiger partial charge in [-0.1, -0.05) is 0 Å². The molecule has 0 aliphatic heterocycles. The highest BCUT2D eigenvalue weighted by Gasteiger charge is 2.18. The van der Waals surface area contributed by atoms with Gasteiger partial charge in [0, 0.05) is 7.05 Å². The number of carbonyl (C=O) groups excluding carboxylic acids is 1. The molecule has 0 radical (unpaired) electrons. The third-order valence-electron chi connectivity index (χ3n) is 1.84. The van der Waals surface area contributed by atoms with Gasteiger partial charge in [0.1, 0.15) is 0 Å². The normalized spacial score (nSPS) is 9.87. The van der Waals surface area contributed by atoms with Crippen molar-refractivity contribution in [1.29, 1.82) is 0 Å². The van der Waals surface area contributed by atoms with E-state index in [0.29, 0.717) is 0 Å². The fourth-order valence-corrected chi connectivity index (χ4v) is 1.17. The highest BCUT2D eigenvalue weighted by molar-refractivity contribution is 5.95. The minimum atomic E-state index is -1.08. The fraction of sp³-hybridized carbons (Fsp3) is 0.300. The second-order valence-corrected chi connectivity index (χ2v) is 2.75. The number of carbonyl (C=O) groups is 1. The van der Waals surface area contributed by atoms with Crippen LogP contribution in [0.4, 0.5) is 14.5 Å². The summed E-state index contributed by atoms with van der Waals surface area (Å²) in [5.74, 6) is -2.77. The maximum absolute atomic E-state index is 13.2. The van der Waals surface area contributed by atoms with Crippen LogP contribution in [0.25, 0.3) is 0 Å². The molecule has 1 aromatic rings. The largest absolute Gasteiger partial charge is 0.462 e. The molecule has 0 saturated heterocycles. The molecule has 15 heavy (non-hydrogen) atoms. The van der Waals surface area contributed by atoms with E-state index in [1.165, 1.54) is 13.1 Å². The lowest BCUT2D eigenvalue weighted by Crippen LogP contribution is -2.10. The van der Waals surface area contributed by atoms with Crippen LogP contribution in [-0.2, 0) is 4.74 Å². The van der Waals surface area contributed by atoms with Crippen molar-refractivity contribution >= 4 is 11.7 Å². The number of hydrogen-bond acceptors (Lipinski definition) is 3. The number of hydrogen-bond donors (Lipinski definition) is 1. The van der Waals surface area contributed by atoms with Crippen LogP contribution in [0.5, 0.6) is 0 Å². The maximum atomic E-state index is 13.2. The van der Waals surface area contributed by atoms with E-state index in [1.54, 1.807) is 6.92 Å². The van der Waals surface area contributed by atoms with Gasteiger partial charge in [-0.3, -0.25) is 0 Å². The maximum Gasteiger partial charge on any atom is 0.340 e. The lowest BCUT2D eigenvalue weighted by molar-refractivity contribution is 0.0527. The van der Waals surface area contributed by atoms with Crippen LogP contribution in [0.1, 0.15) is 17.3 Å². The van der Waals surface area contributed by atoms with Gasteiger partial charge in [0.2, 0.25) is 0 Å². The molecule has 1 rings (SSSR count). The number of benzene rings is 1. The summed E-state index contributed by atoms with van der Waals surface area (Å²) >= 11 is 0. The van der Waals surface area contributed by atoms with Crippen LogP contribution in [0.15, 0.2) is 12.1 Å². The molecule has 0 unspecified atom stereocenters. The van der Waals surface area contributed by atoms with Gasteiger partial charge in [0.15, 0.2) is 11.6 Å². The first-order chi connectivity index (χ1) is 7.11. The van der Waals surface area contributed by atoms with Crippen molar-refractivity contribution in [3.63, 3.8) is 0 Å². The molecule has 1 aromatic carbocycles. The zero-order valence-corrected chi connectivity index (χ0v) is 8.43. The molecule has 5 heteroatoms. The average Bonchev–Trinajstić information content (AvgIpc) is 2.22. The van der Waals surface area contributed by atoms with Gasteiger partial charge in [-0.2, -0.15) is 0 Å². The molecular formula is C10H11F2NO2. The van der Waals surface area contributed by atoms with E-state index in [2.05, 4.69) is 5.32 Å². The van der Waals surface area contributed by atoms with Gasteiger partial charge in [-0.05, 0) is 19.1 Å². The summed E-state index contributed by atoms with van der Waals surface area (Å²) in [5.41, 5.74) is -0.202. The van der Waals surface area contributed by atoms with Gasteiger partial charge in [0.05, 0.1) is 17.9 Å². The van der Waals surface area contributed by atoms with Crippen molar-refractivity contribution in [2.75, 3.05) is 19.0 Å². The van der Waals surface area contributed by atoms with E-state index in [0.717, 1.165) is 6.07 Å². The van der Waals surface area contributed by atoms with Gasteiger partial charge in [0.25, 0.3) is 0 Å². The highest BCUT2D eigenvalue weighted by atomic mass is 19.2. The second kappa shape index (κ2) is 4.72. The van der Waals surface area contributed by atoms with E-state index in [-0.39, 0.29) is 17.9 Å². The molecule has 0 aliphatic rings. The Morgan fingerprint density at radius 2 is 2.13 bits per heavy atom. The van der Waals surface area contributed by atoms with Crippen molar-refractivity contribution in [3.05, 3.63) is 29.3 Å². The third kappa shape index (κ3) is 2.23.